The third kappa shape index (κ3) is 3.46. The molecule has 2 amide bonds. The SMILES string of the molecule is Cc1nc(CN2CC3(CCC2=O)CCN(C(=O)[C@H]2C[C@@H]2C)CC3)cs1. The molecule has 2 aliphatic heterocycles. The number of nitrogens with zero attached hydrogens (tertiary/aromatic N) is 3. The summed E-state index contributed by atoms with van der Waals surface area (Å²) in [5.74, 6) is 1.48. The first-order valence-electron chi connectivity index (χ1n) is 9.43. The van der Waals surface area contributed by atoms with Crippen LogP contribution in [0.3, 0.4) is 0 Å². The smallest absolute Gasteiger partial charge is 0.225 e. The Labute approximate surface area is 153 Å². The molecule has 1 saturated carbocycles. The summed E-state index contributed by atoms with van der Waals surface area (Å²) in [6.07, 6.45) is 4.73. The van der Waals surface area contributed by atoms with Crippen LogP contribution in [0.5, 0.6) is 0 Å². The van der Waals surface area contributed by atoms with E-state index >= 15 is 0 Å². The van der Waals surface area contributed by atoms with Gasteiger partial charge in [0, 0.05) is 37.4 Å². The maximum absolute atomic E-state index is 12.5. The highest BCUT2D eigenvalue weighted by atomic mass is 32.1. The number of carbonyl (C=O) groups is 2. The Bertz CT molecular complexity index is 678. The van der Waals surface area contributed by atoms with E-state index in [9.17, 15) is 9.59 Å². The zero-order chi connectivity index (χ0) is 17.6. The van der Waals surface area contributed by atoms with Gasteiger partial charge in [-0.05, 0) is 43.9 Å². The second-order valence-corrected chi connectivity index (χ2v) is 9.31. The van der Waals surface area contributed by atoms with Crippen LogP contribution >= 0.6 is 11.3 Å². The van der Waals surface area contributed by atoms with Crippen molar-refractivity contribution in [3.05, 3.63) is 16.1 Å². The summed E-state index contributed by atoms with van der Waals surface area (Å²) in [4.78, 5) is 33.4. The van der Waals surface area contributed by atoms with Crippen LogP contribution in [0, 0.1) is 24.2 Å². The first-order chi connectivity index (χ1) is 12.0. The minimum atomic E-state index is 0.199. The lowest BCUT2D eigenvalue weighted by molar-refractivity contribution is -0.143. The Balaban J connectivity index is 1.37. The van der Waals surface area contributed by atoms with Gasteiger partial charge < -0.3 is 9.80 Å². The van der Waals surface area contributed by atoms with E-state index in [-0.39, 0.29) is 17.2 Å². The summed E-state index contributed by atoms with van der Waals surface area (Å²) >= 11 is 1.64. The molecule has 1 spiro atoms. The van der Waals surface area contributed by atoms with Gasteiger partial charge in [0.05, 0.1) is 17.2 Å². The van der Waals surface area contributed by atoms with E-state index in [1.54, 1.807) is 11.3 Å². The van der Waals surface area contributed by atoms with Gasteiger partial charge in [-0.3, -0.25) is 9.59 Å². The van der Waals surface area contributed by atoms with Gasteiger partial charge in [0.1, 0.15) is 0 Å². The van der Waals surface area contributed by atoms with Gasteiger partial charge in [0.15, 0.2) is 0 Å². The fraction of sp³-hybridized carbons (Fsp3) is 0.737. The van der Waals surface area contributed by atoms with Crippen molar-refractivity contribution in [2.45, 2.75) is 52.5 Å². The Morgan fingerprint density at radius 3 is 2.68 bits per heavy atom. The fourth-order valence-corrected chi connectivity index (χ4v) is 5.04. The molecule has 25 heavy (non-hydrogen) atoms. The number of carbonyl (C=O) groups excluding carboxylic acids is 2. The molecule has 1 aromatic rings. The van der Waals surface area contributed by atoms with Crippen molar-refractivity contribution < 1.29 is 9.59 Å². The molecule has 5 nitrogen and oxygen atoms in total. The third-order valence-corrected chi connectivity index (χ3v) is 7.15. The highest BCUT2D eigenvalue weighted by Crippen LogP contribution is 2.43. The lowest BCUT2D eigenvalue weighted by atomic mass is 9.72. The predicted molar refractivity (Wildman–Crippen MR) is 97.0 cm³/mol. The average molecular weight is 362 g/mol. The molecule has 3 heterocycles. The number of amides is 2. The highest BCUT2D eigenvalue weighted by Gasteiger charge is 2.45. The second kappa shape index (κ2) is 6.38. The number of likely N-dealkylation sites (tertiary alicyclic amines) is 2. The Morgan fingerprint density at radius 1 is 1.36 bits per heavy atom. The van der Waals surface area contributed by atoms with Crippen molar-refractivity contribution in [1.82, 2.24) is 14.8 Å². The standard InChI is InChI=1S/C19H27N3O2S/c1-13-9-16(13)18(24)21-7-5-19(6-8-21)4-3-17(23)22(12-19)10-15-11-25-14(2)20-15/h11,13,16H,3-10,12H2,1-2H3/t13-,16-/m0/s1. The van der Waals surface area contributed by atoms with Crippen LogP contribution in [0.4, 0.5) is 0 Å². The van der Waals surface area contributed by atoms with Crippen molar-refractivity contribution in [2.75, 3.05) is 19.6 Å². The number of piperidine rings is 2. The average Bonchev–Trinajstić information content (AvgIpc) is 3.19. The molecule has 0 radical (unpaired) electrons. The summed E-state index contributed by atoms with van der Waals surface area (Å²) in [7, 11) is 0. The zero-order valence-electron chi connectivity index (χ0n) is 15.2. The number of hydrogen-bond donors (Lipinski definition) is 0. The van der Waals surface area contributed by atoms with E-state index in [1.165, 1.54) is 0 Å². The van der Waals surface area contributed by atoms with Crippen molar-refractivity contribution in [3.63, 3.8) is 0 Å². The first kappa shape index (κ1) is 17.0. The lowest BCUT2D eigenvalue weighted by Gasteiger charge is -2.47. The maximum atomic E-state index is 12.5. The Hall–Kier alpha value is -1.43. The van der Waals surface area contributed by atoms with Crippen LogP contribution in [0.1, 0.15) is 49.7 Å². The van der Waals surface area contributed by atoms with Gasteiger partial charge in [-0.25, -0.2) is 4.98 Å². The van der Waals surface area contributed by atoms with E-state index in [2.05, 4.69) is 22.2 Å². The van der Waals surface area contributed by atoms with E-state index in [4.69, 9.17) is 0 Å². The van der Waals surface area contributed by atoms with E-state index in [0.717, 1.165) is 56.0 Å². The van der Waals surface area contributed by atoms with Crippen LogP contribution in [-0.4, -0.2) is 46.2 Å². The van der Waals surface area contributed by atoms with Crippen LogP contribution in [-0.2, 0) is 16.1 Å². The number of aromatic nitrogens is 1. The second-order valence-electron chi connectivity index (χ2n) is 8.25. The van der Waals surface area contributed by atoms with Gasteiger partial charge >= 0.3 is 0 Å². The van der Waals surface area contributed by atoms with Crippen LogP contribution < -0.4 is 0 Å². The van der Waals surface area contributed by atoms with Crippen molar-refractivity contribution in [1.29, 1.82) is 0 Å². The van der Waals surface area contributed by atoms with Gasteiger partial charge in [-0.15, -0.1) is 11.3 Å². The van der Waals surface area contributed by atoms with Crippen molar-refractivity contribution in [3.8, 4) is 0 Å². The molecule has 2 atom stereocenters. The molecule has 3 fully saturated rings. The first-order valence-corrected chi connectivity index (χ1v) is 10.3. The zero-order valence-corrected chi connectivity index (χ0v) is 16.0. The van der Waals surface area contributed by atoms with E-state index in [1.807, 2.05) is 11.8 Å². The maximum Gasteiger partial charge on any atom is 0.225 e. The number of rotatable bonds is 3. The lowest BCUT2D eigenvalue weighted by Crippen LogP contribution is -2.52. The molecule has 3 aliphatic rings. The largest absolute Gasteiger partial charge is 0.342 e. The van der Waals surface area contributed by atoms with Gasteiger partial charge in [-0.2, -0.15) is 0 Å². The number of thiazole rings is 1. The quantitative estimate of drug-likeness (QED) is 0.832. The molecule has 4 rings (SSSR count). The Kier molecular flexibility index (Phi) is 4.34. The van der Waals surface area contributed by atoms with Crippen LogP contribution in [0.2, 0.25) is 0 Å². The van der Waals surface area contributed by atoms with Crippen LogP contribution in [0.15, 0.2) is 5.38 Å². The van der Waals surface area contributed by atoms with Gasteiger partial charge in [0.25, 0.3) is 0 Å². The Morgan fingerprint density at radius 2 is 2.08 bits per heavy atom. The predicted octanol–water partition coefficient (Wildman–Crippen LogP) is 2.84. The molecule has 6 heteroatoms. The molecule has 2 saturated heterocycles. The minimum Gasteiger partial charge on any atom is -0.342 e. The molecule has 136 valence electrons. The summed E-state index contributed by atoms with van der Waals surface area (Å²) in [6.45, 7) is 7.34. The third-order valence-electron chi connectivity index (χ3n) is 6.33. The van der Waals surface area contributed by atoms with Crippen LogP contribution in [0.25, 0.3) is 0 Å². The molecule has 0 N–H and O–H groups in total. The van der Waals surface area contributed by atoms with Gasteiger partial charge in [-0.1, -0.05) is 6.92 Å². The number of hydrogen-bond acceptors (Lipinski definition) is 4. The fourth-order valence-electron chi connectivity index (χ4n) is 4.43. The minimum absolute atomic E-state index is 0.199. The molecule has 0 bridgehead atoms. The number of aryl methyl sites for hydroxylation is 1. The normalized spacial score (nSPS) is 28.5. The summed E-state index contributed by atoms with van der Waals surface area (Å²) in [6, 6.07) is 0. The summed E-state index contributed by atoms with van der Waals surface area (Å²) in [5.41, 5.74) is 1.20. The van der Waals surface area contributed by atoms with Crippen molar-refractivity contribution >= 4 is 23.2 Å². The summed E-state index contributed by atoms with van der Waals surface area (Å²) in [5, 5.41) is 3.11. The topological polar surface area (TPSA) is 53.5 Å². The summed E-state index contributed by atoms with van der Waals surface area (Å²) < 4.78 is 0. The van der Waals surface area contributed by atoms with Gasteiger partial charge in [0.2, 0.25) is 11.8 Å². The molecule has 0 unspecified atom stereocenters. The molecule has 1 aromatic heterocycles. The molecule has 1 aliphatic carbocycles. The highest BCUT2D eigenvalue weighted by molar-refractivity contribution is 7.09. The van der Waals surface area contributed by atoms with E-state index < -0.39 is 0 Å². The van der Waals surface area contributed by atoms with E-state index in [0.29, 0.717) is 24.8 Å². The monoisotopic (exact) mass is 361 g/mol. The van der Waals surface area contributed by atoms with Crippen molar-refractivity contribution in [2.24, 2.45) is 17.3 Å². The molecular formula is C19H27N3O2S. The molecule has 0 aromatic carbocycles. The molecular weight excluding hydrogens is 334 g/mol.